The molecule has 0 saturated heterocycles. The lowest BCUT2D eigenvalue weighted by Gasteiger charge is -2.38. The van der Waals surface area contributed by atoms with Crippen LogP contribution in [0.1, 0.15) is 20.3 Å². The van der Waals surface area contributed by atoms with E-state index in [-0.39, 0.29) is 11.2 Å². The first-order valence-corrected chi connectivity index (χ1v) is 8.12. The minimum Gasteiger partial charge on any atom is -0.460 e. The van der Waals surface area contributed by atoms with E-state index < -0.39 is 8.07 Å². The fraction of sp³-hybridized carbons (Fsp3) is 0.700. The lowest BCUT2D eigenvalue weighted by Crippen LogP contribution is -2.52. The first kappa shape index (κ1) is 12.4. The highest BCUT2D eigenvalue weighted by atomic mass is 28.3. The van der Waals surface area contributed by atoms with Gasteiger partial charge in [0.2, 0.25) is 0 Å². The molecule has 13 heavy (non-hydrogen) atoms. The van der Waals surface area contributed by atoms with Gasteiger partial charge in [-0.25, -0.2) is 4.79 Å². The summed E-state index contributed by atoms with van der Waals surface area (Å²) in [7, 11) is -1.48. The molecule has 0 heterocycles. The molecule has 0 aliphatic heterocycles. The van der Waals surface area contributed by atoms with Crippen LogP contribution in [-0.4, -0.2) is 19.3 Å². The molecule has 76 valence electrons. The van der Waals surface area contributed by atoms with Gasteiger partial charge in [0.15, 0.2) is 0 Å². The number of carbonyl (C=O) groups excluding carboxylic acids is 1. The molecule has 0 aromatic carbocycles. The summed E-state index contributed by atoms with van der Waals surface area (Å²) in [5.41, 5.74) is 0. The van der Waals surface area contributed by atoms with Gasteiger partial charge in [-0.2, -0.15) is 0 Å². The van der Waals surface area contributed by atoms with Crippen LogP contribution in [0.2, 0.25) is 19.6 Å². The predicted molar refractivity (Wildman–Crippen MR) is 58.3 cm³/mol. The topological polar surface area (TPSA) is 26.3 Å². The van der Waals surface area contributed by atoms with E-state index in [1.165, 1.54) is 6.08 Å². The van der Waals surface area contributed by atoms with Gasteiger partial charge in [0.25, 0.3) is 0 Å². The van der Waals surface area contributed by atoms with Crippen LogP contribution < -0.4 is 0 Å². The van der Waals surface area contributed by atoms with Crippen LogP contribution in [0, 0.1) is 0 Å². The van der Waals surface area contributed by atoms with Crippen LogP contribution in [0.3, 0.4) is 0 Å². The Bertz CT molecular complexity index is 205. The zero-order chi connectivity index (χ0) is 10.7. The first-order chi connectivity index (χ1) is 5.77. The number of carbonyl (C=O) groups is 1. The highest BCUT2D eigenvalue weighted by Crippen LogP contribution is 2.28. The Kier molecular flexibility index (Phi) is 3.91. The average molecular weight is 200 g/mol. The first-order valence-electron chi connectivity index (χ1n) is 4.62. The van der Waals surface area contributed by atoms with E-state index in [9.17, 15) is 4.79 Å². The van der Waals surface area contributed by atoms with Crippen LogP contribution >= 0.6 is 0 Å². The molecule has 0 bridgehead atoms. The molecule has 0 aliphatic rings. The van der Waals surface area contributed by atoms with Crippen molar-refractivity contribution < 1.29 is 9.53 Å². The Morgan fingerprint density at radius 3 is 2.23 bits per heavy atom. The average Bonchev–Trinajstić information content (AvgIpc) is 2.02. The monoisotopic (exact) mass is 200 g/mol. The van der Waals surface area contributed by atoms with E-state index >= 15 is 0 Å². The molecular weight excluding hydrogens is 180 g/mol. The third kappa shape index (κ3) is 2.99. The van der Waals surface area contributed by atoms with Gasteiger partial charge < -0.3 is 4.74 Å². The molecule has 0 saturated carbocycles. The lowest BCUT2D eigenvalue weighted by molar-refractivity contribution is -0.145. The Hall–Kier alpha value is -0.573. The molecule has 0 amide bonds. The van der Waals surface area contributed by atoms with Crippen molar-refractivity contribution in [2.45, 2.75) is 45.1 Å². The smallest absolute Gasteiger partial charge is 0.330 e. The molecular formula is C10H20O2Si. The van der Waals surface area contributed by atoms with Crippen molar-refractivity contribution in [3.8, 4) is 0 Å². The Labute approximate surface area is 82.0 Å². The molecule has 0 spiro atoms. The summed E-state index contributed by atoms with van der Waals surface area (Å²) in [6.07, 6.45) is 2.09. The molecule has 0 rings (SSSR count). The second-order valence-corrected chi connectivity index (χ2v) is 10.0. The fourth-order valence-corrected chi connectivity index (χ4v) is 2.49. The van der Waals surface area contributed by atoms with Gasteiger partial charge in [0.05, 0.1) is 13.3 Å². The van der Waals surface area contributed by atoms with Crippen molar-refractivity contribution >= 4 is 14.0 Å². The molecule has 1 unspecified atom stereocenters. The number of ether oxygens (including phenoxy) is 1. The minimum absolute atomic E-state index is 0.279. The second-order valence-electron chi connectivity index (χ2n) is 4.46. The van der Waals surface area contributed by atoms with Crippen molar-refractivity contribution in [3.05, 3.63) is 12.7 Å². The number of rotatable bonds is 4. The van der Waals surface area contributed by atoms with Crippen LogP contribution in [0.5, 0.6) is 0 Å². The highest BCUT2D eigenvalue weighted by Gasteiger charge is 2.40. The molecule has 0 fully saturated rings. The Morgan fingerprint density at radius 1 is 1.54 bits per heavy atom. The molecule has 0 N–H and O–H groups in total. The third-order valence-corrected chi connectivity index (χ3v) is 6.38. The van der Waals surface area contributed by atoms with Crippen molar-refractivity contribution in [2.24, 2.45) is 0 Å². The highest BCUT2D eigenvalue weighted by molar-refractivity contribution is 6.79. The Balaban J connectivity index is 4.65. The summed E-state index contributed by atoms with van der Waals surface area (Å²) in [4.78, 5) is 11.1. The summed E-state index contributed by atoms with van der Waals surface area (Å²) in [5.74, 6) is -0.313. The van der Waals surface area contributed by atoms with Crippen molar-refractivity contribution in [1.29, 1.82) is 0 Å². The van der Waals surface area contributed by atoms with E-state index in [1.54, 1.807) is 0 Å². The largest absolute Gasteiger partial charge is 0.460 e. The summed E-state index contributed by atoms with van der Waals surface area (Å²) in [6.45, 7) is 14.1. The van der Waals surface area contributed by atoms with Gasteiger partial charge in [-0.15, -0.1) is 0 Å². The lowest BCUT2D eigenvalue weighted by atomic mass is 10.3. The number of esters is 1. The van der Waals surface area contributed by atoms with Gasteiger partial charge in [0.1, 0.15) is 0 Å². The zero-order valence-corrected chi connectivity index (χ0v) is 10.3. The summed E-state index contributed by atoms with van der Waals surface area (Å²) >= 11 is 0. The van der Waals surface area contributed by atoms with E-state index in [0.29, 0.717) is 0 Å². The van der Waals surface area contributed by atoms with Crippen molar-refractivity contribution in [1.82, 2.24) is 0 Å². The standard InChI is InChI=1S/C10H20O2Si/c1-7-9(11)12-10(3,8-2)13(4,5)6/h7H,1,8H2,2-6H3. The second kappa shape index (κ2) is 4.09. The van der Waals surface area contributed by atoms with Crippen molar-refractivity contribution in [3.63, 3.8) is 0 Å². The number of hydrogen-bond donors (Lipinski definition) is 0. The SMILES string of the molecule is C=CC(=O)OC(C)(CC)[Si](C)(C)C. The van der Waals surface area contributed by atoms with Crippen LogP contribution in [0.15, 0.2) is 12.7 Å². The molecule has 1 atom stereocenters. The maximum atomic E-state index is 11.1. The van der Waals surface area contributed by atoms with E-state index in [4.69, 9.17) is 4.74 Å². The minimum atomic E-state index is -1.48. The van der Waals surface area contributed by atoms with E-state index in [2.05, 4.69) is 33.1 Å². The zero-order valence-electron chi connectivity index (χ0n) is 9.31. The molecule has 0 aliphatic carbocycles. The molecule has 0 aromatic heterocycles. The van der Waals surface area contributed by atoms with Crippen LogP contribution in [-0.2, 0) is 9.53 Å². The third-order valence-electron chi connectivity index (χ3n) is 2.75. The number of hydrogen-bond acceptors (Lipinski definition) is 2. The normalized spacial score (nSPS) is 16.1. The van der Waals surface area contributed by atoms with Gasteiger partial charge in [0, 0.05) is 6.08 Å². The molecule has 2 nitrogen and oxygen atoms in total. The van der Waals surface area contributed by atoms with Gasteiger partial charge in [-0.1, -0.05) is 33.1 Å². The molecule has 0 aromatic rings. The van der Waals surface area contributed by atoms with Crippen LogP contribution in [0.25, 0.3) is 0 Å². The summed E-state index contributed by atoms with van der Waals surface area (Å²) in [5, 5.41) is -0.279. The van der Waals surface area contributed by atoms with Crippen LogP contribution in [0.4, 0.5) is 0 Å². The summed E-state index contributed by atoms with van der Waals surface area (Å²) in [6, 6.07) is 0. The van der Waals surface area contributed by atoms with Crippen molar-refractivity contribution in [2.75, 3.05) is 0 Å². The Morgan fingerprint density at radius 2 is 2.00 bits per heavy atom. The molecule has 3 heteroatoms. The fourth-order valence-electron chi connectivity index (χ4n) is 1.02. The maximum Gasteiger partial charge on any atom is 0.330 e. The predicted octanol–water partition coefficient (Wildman–Crippen LogP) is 2.76. The van der Waals surface area contributed by atoms with Gasteiger partial charge >= 0.3 is 5.97 Å². The van der Waals surface area contributed by atoms with Gasteiger partial charge in [-0.05, 0) is 13.3 Å². The molecule has 0 radical (unpaired) electrons. The van der Waals surface area contributed by atoms with Gasteiger partial charge in [-0.3, -0.25) is 0 Å². The summed E-state index contributed by atoms with van der Waals surface area (Å²) < 4.78 is 5.41. The van der Waals surface area contributed by atoms with E-state index in [0.717, 1.165) is 6.42 Å². The maximum absolute atomic E-state index is 11.1. The quantitative estimate of drug-likeness (QED) is 0.396. The van der Waals surface area contributed by atoms with E-state index in [1.807, 2.05) is 6.92 Å².